The Bertz CT molecular complexity index is 431. The molecule has 1 rings (SSSR count). The molecule has 23 heavy (non-hydrogen) atoms. The van der Waals surface area contributed by atoms with Crippen molar-refractivity contribution in [2.45, 2.75) is 65.1 Å². The lowest BCUT2D eigenvalue weighted by atomic mass is 10.00. The lowest BCUT2D eigenvalue weighted by Crippen LogP contribution is -2.56. The molecule has 3 atom stereocenters. The summed E-state index contributed by atoms with van der Waals surface area (Å²) in [5.74, 6) is -1.69. The number of aliphatic carboxylic acids is 1. The van der Waals surface area contributed by atoms with Crippen molar-refractivity contribution in [1.82, 2.24) is 16.0 Å². The van der Waals surface area contributed by atoms with E-state index in [1.165, 1.54) is 0 Å². The number of nitrogens with one attached hydrogen (secondary N) is 3. The lowest BCUT2D eigenvalue weighted by Gasteiger charge is -2.25. The summed E-state index contributed by atoms with van der Waals surface area (Å²) in [6, 6.07) is -1.95. The first-order valence-corrected chi connectivity index (χ1v) is 8.29. The fourth-order valence-electron chi connectivity index (χ4n) is 2.65. The predicted octanol–water partition coefficient (Wildman–Crippen LogP) is 0.495. The van der Waals surface area contributed by atoms with E-state index in [1.807, 2.05) is 27.7 Å². The first-order valence-electron chi connectivity index (χ1n) is 8.29. The Morgan fingerprint density at radius 1 is 1.17 bits per heavy atom. The van der Waals surface area contributed by atoms with Gasteiger partial charge in [0.25, 0.3) is 0 Å². The van der Waals surface area contributed by atoms with Crippen LogP contribution >= 0.6 is 0 Å². The van der Waals surface area contributed by atoms with E-state index in [0.717, 1.165) is 19.4 Å². The molecule has 0 radical (unpaired) electrons. The summed E-state index contributed by atoms with van der Waals surface area (Å²) in [6.45, 7) is 8.24. The summed E-state index contributed by atoms with van der Waals surface area (Å²) in [6.07, 6.45) is 2.04. The van der Waals surface area contributed by atoms with Gasteiger partial charge in [0.2, 0.25) is 11.8 Å². The molecule has 0 bridgehead atoms. The molecule has 2 amide bonds. The van der Waals surface area contributed by atoms with Crippen LogP contribution in [0.1, 0.15) is 47.0 Å². The highest BCUT2D eigenvalue weighted by atomic mass is 16.4. The van der Waals surface area contributed by atoms with Crippen LogP contribution in [0.25, 0.3) is 0 Å². The maximum Gasteiger partial charge on any atom is 0.326 e. The van der Waals surface area contributed by atoms with Crippen molar-refractivity contribution in [3.05, 3.63) is 0 Å². The van der Waals surface area contributed by atoms with Crippen molar-refractivity contribution >= 4 is 17.8 Å². The lowest BCUT2D eigenvalue weighted by molar-refractivity contribution is -0.143. The summed E-state index contributed by atoms with van der Waals surface area (Å²) in [7, 11) is 0. The molecular weight excluding hydrogens is 298 g/mol. The molecule has 0 aliphatic carbocycles. The molecule has 1 aliphatic heterocycles. The highest BCUT2D eigenvalue weighted by molar-refractivity contribution is 5.92. The van der Waals surface area contributed by atoms with Crippen LogP contribution in [-0.4, -0.2) is 47.6 Å². The Labute approximate surface area is 137 Å². The van der Waals surface area contributed by atoms with Crippen LogP contribution in [0, 0.1) is 11.8 Å². The van der Waals surface area contributed by atoms with Crippen molar-refractivity contribution < 1.29 is 19.5 Å². The number of carboxylic acids is 1. The summed E-state index contributed by atoms with van der Waals surface area (Å²) in [4.78, 5) is 35.9. The van der Waals surface area contributed by atoms with E-state index in [0.29, 0.717) is 6.42 Å². The summed E-state index contributed by atoms with van der Waals surface area (Å²) in [5.41, 5.74) is 0. The maximum atomic E-state index is 12.4. The number of carbonyl (C=O) groups is 3. The summed E-state index contributed by atoms with van der Waals surface area (Å²) < 4.78 is 0. The number of amides is 2. The molecule has 7 heteroatoms. The zero-order valence-corrected chi connectivity index (χ0v) is 14.4. The molecule has 1 aliphatic rings. The van der Waals surface area contributed by atoms with Gasteiger partial charge < -0.3 is 21.1 Å². The number of carbonyl (C=O) groups excluding carboxylic acids is 2. The summed E-state index contributed by atoms with van der Waals surface area (Å²) >= 11 is 0. The van der Waals surface area contributed by atoms with Gasteiger partial charge >= 0.3 is 5.97 Å². The number of rotatable bonds is 8. The van der Waals surface area contributed by atoms with Gasteiger partial charge in [-0.25, -0.2) is 4.79 Å². The third-order valence-corrected chi connectivity index (χ3v) is 3.95. The fraction of sp³-hybridized carbons (Fsp3) is 0.812. The summed E-state index contributed by atoms with van der Waals surface area (Å²) in [5, 5.41) is 17.6. The SMILES string of the molecule is CC(C)C[C@H](NC(=O)[C@@H](NC(=O)[C@@H]1CCCN1)C(C)C)C(=O)O. The Hall–Kier alpha value is -1.63. The highest BCUT2D eigenvalue weighted by Gasteiger charge is 2.31. The fourth-order valence-corrected chi connectivity index (χ4v) is 2.65. The normalized spacial score (nSPS) is 20.3. The minimum atomic E-state index is -1.06. The Kier molecular flexibility index (Phi) is 7.48. The van der Waals surface area contributed by atoms with E-state index in [4.69, 9.17) is 0 Å². The van der Waals surface area contributed by atoms with Crippen molar-refractivity contribution in [1.29, 1.82) is 0 Å². The molecule has 0 spiro atoms. The van der Waals surface area contributed by atoms with Crippen LogP contribution in [0.4, 0.5) is 0 Å². The van der Waals surface area contributed by atoms with Gasteiger partial charge in [0.05, 0.1) is 6.04 Å². The smallest absolute Gasteiger partial charge is 0.326 e. The van der Waals surface area contributed by atoms with E-state index in [9.17, 15) is 19.5 Å². The van der Waals surface area contributed by atoms with E-state index in [-0.39, 0.29) is 23.8 Å². The van der Waals surface area contributed by atoms with Gasteiger partial charge in [-0.3, -0.25) is 9.59 Å². The molecule has 1 heterocycles. The minimum Gasteiger partial charge on any atom is -0.480 e. The second-order valence-corrected chi connectivity index (χ2v) is 6.91. The quantitative estimate of drug-likeness (QED) is 0.519. The van der Waals surface area contributed by atoms with Crippen LogP contribution in [0.2, 0.25) is 0 Å². The van der Waals surface area contributed by atoms with Gasteiger partial charge in [0.1, 0.15) is 12.1 Å². The van der Waals surface area contributed by atoms with Crippen LogP contribution in [-0.2, 0) is 14.4 Å². The molecule has 4 N–H and O–H groups in total. The molecule has 0 unspecified atom stereocenters. The topological polar surface area (TPSA) is 108 Å². The predicted molar refractivity (Wildman–Crippen MR) is 86.8 cm³/mol. The zero-order chi connectivity index (χ0) is 17.6. The van der Waals surface area contributed by atoms with Crippen molar-refractivity contribution in [2.24, 2.45) is 11.8 Å². The molecule has 1 saturated heterocycles. The van der Waals surface area contributed by atoms with E-state index < -0.39 is 24.0 Å². The molecule has 0 aromatic heterocycles. The van der Waals surface area contributed by atoms with Crippen LogP contribution in [0.3, 0.4) is 0 Å². The van der Waals surface area contributed by atoms with Gasteiger partial charge in [0.15, 0.2) is 0 Å². The van der Waals surface area contributed by atoms with E-state index >= 15 is 0 Å². The minimum absolute atomic E-state index is 0.131. The average molecular weight is 327 g/mol. The Morgan fingerprint density at radius 2 is 1.83 bits per heavy atom. The number of hydrogen-bond donors (Lipinski definition) is 4. The molecule has 0 saturated carbocycles. The van der Waals surface area contributed by atoms with Gasteiger partial charge in [0, 0.05) is 0 Å². The molecular formula is C16H29N3O4. The van der Waals surface area contributed by atoms with Crippen molar-refractivity contribution in [3.63, 3.8) is 0 Å². The molecule has 7 nitrogen and oxygen atoms in total. The molecule has 1 fully saturated rings. The Morgan fingerprint density at radius 3 is 2.26 bits per heavy atom. The highest BCUT2D eigenvalue weighted by Crippen LogP contribution is 2.10. The van der Waals surface area contributed by atoms with Gasteiger partial charge in [-0.2, -0.15) is 0 Å². The maximum absolute atomic E-state index is 12.4. The van der Waals surface area contributed by atoms with E-state index in [2.05, 4.69) is 16.0 Å². The van der Waals surface area contributed by atoms with Gasteiger partial charge in [-0.15, -0.1) is 0 Å². The first-order chi connectivity index (χ1) is 10.7. The Balaban J connectivity index is 2.69. The van der Waals surface area contributed by atoms with Crippen LogP contribution in [0.15, 0.2) is 0 Å². The largest absolute Gasteiger partial charge is 0.480 e. The van der Waals surface area contributed by atoms with Gasteiger partial charge in [-0.05, 0) is 37.6 Å². The van der Waals surface area contributed by atoms with E-state index in [1.54, 1.807) is 0 Å². The molecule has 132 valence electrons. The third kappa shape index (κ3) is 6.17. The standard InChI is InChI=1S/C16H29N3O4/c1-9(2)8-12(16(22)23)18-15(21)13(10(3)4)19-14(20)11-6-5-7-17-11/h9-13,17H,5-8H2,1-4H3,(H,18,21)(H,19,20)(H,22,23)/t11-,12-,13-/m0/s1. The third-order valence-electron chi connectivity index (χ3n) is 3.95. The van der Waals surface area contributed by atoms with Crippen molar-refractivity contribution in [3.8, 4) is 0 Å². The van der Waals surface area contributed by atoms with Crippen molar-refractivity contribution in [2.75, 3.05) is 6.54 Å². The van der Waals surface area contributed by atoms with Crippen LogP contribution < -0.4 is 16.0 Å². The zero-order valence-electron chi connectivity index (χ0n) is 14.4. The monoisotopic (exact) mass is 327 g/mol. The second-order valence-electron chi connectivity index (χ2n) is 6.91. The number of hydrogen-bond acceptors (Lipinski definition) is 4. The van der Waals surface area contributed by atoms with Crippen LogP contribution in [0.5, 0.6) is 0 Å². The van der Waals surface area contributed by atoms with Gasteiger partial charge in [-0.1, -0.05) is 27.7 Å². The molecule has 0 aromatic rings. The first kappa shape index (κ1) is 19.4. The number of carboxylic acid groups (broad SMARTS) is 1. The molecule has 0 aromatic carbocycles. The second kappa shape index (κ2) is 8.86. The average Bonchev–Trinajstić information content (AvgIpc) is 2.96.